The monoisotopic (exact) mass is 352 g/mol. The number of carboxylic acids is 1. The number of aromatic carboxylic acids is 1. The molecule has 2 rings (SSSR count). The Bertz CT molecular complexity index is 675. The molecule has 0 unspecified atom stereocenters. The molecule has 0 aliphatic rings. The highest BCUT2D eigenvalue weighted by Gasteiger charge is 2.11. The number of hydrogen-bond donors (Lipinski definition) is 1. The molecule has 1 N–H and O–H groups in total. The molecule has 0 radical (unpaired) electrons. The van der Waals surface area contributed by atoms with Gasteiger partial charge in [-0.25, -0.2) is 9.18 Å². The molecule has 0 atom stereocenters. The maximum atomic E-state index is 13.6. The van der Waals surface area contributed by atoms with E-state index in [1.165, 1.54) is 12.1 Å². The topological polar surface area (TPSA) is 46.5 Å². The lowest BCUT2D eigenvalue weighted by Crippen LogP contribution is -2.03. The number of ether oxygens (including phenoxy) is 1. The fourth-order valence-electron chi connectivity index (χ4n) is 1.98. The van der Waals surface area contributed by atoms with Crippen LogP contribution in [0, 0.1) is 19.7 Å². The molecule has 0 amide bonds. The highest BCUT2D eigenvalue weighted by molar-refractivity contribution is 9.10. The minimum Gasteiger partial charge on any atom is -0.489 e. The average Bonchev–Trinajstić information content (AvgIpc) is 2.42. The molecule has 0 spiro atoms. The van der Waals surface area contributed by atoms with E-state index in [1.807, 2.05) is 26.0 Å². The summed E-state index contributed by atoms with van der Waals surface area (Å²) in [5.74, 6) is -1.35. The van der Waals surface area contributed by atoms with Crippen molar-refractivity contribution in [1.82, 2.24) is 0 Å². The molecule has 21 heavy (non-hydrogen) atoms. The molecule has 2 aromatic rings. The third kappa shape index (κ3) is 3.61. The van der Waals surface area contributed by atoms with E-state index in [0.29, 0.717) is 11.3 Å². The van der Waals surface area contributed by atoms with Crippen LogP contribution in [0.15, 0.2) is 34.8 Å². The second kappa shape index (κ2) is 6.26. The summed E-state index contributed by atoms with van der Waals surface area (Å²) in [4.78, 5) is 10.7. The van der Waals surface area contributed by atoms with Gasteiger partial charge in [0.25, 0.3) is 0 Å². The van der Waals surface area contributed by atoms with Crippen molar-refractivity contribution in [3.8, 4) is 5.75 Å². The zero-order chi connectivity index (χ0) is 15.6. The third-order valence-electron chi connectivity index (χ3n) is 3.08. The minimum atomic E-state index is -1.28. The highest BCUT2D eigenvalue weighted by atomic mass is 79.9. The smallest absolute Gasteiger partial charge is 0.338 e. The molecule has 0 heterocycles. The molecule has 110 valence electrons. The van der Waals surface area contributed by atoms with Gasteiger partial charge >= 0.3 is 5.97 Å². The molecular formula is C16H14BrFO3. The molecule has 2 aromatic carbocycles. The summed E-state index contributed by atoms with van der Waals surface area (Å²) < 4.78 is 20.2. The SMILES string of the molecule is Cc1cc(OCc2ccc(C(=O)O)c(F)c2)cc(C)c1Br. The fourth-order valence-corrected chi connectivity index (χ4v) is 2.21. The third-order valence-corrected chi connectivity index (χ3v) is 4.33. The second-order valence-corrected chi connectivity index (χ2v) is 5.57. The Morgan fingerprint density at radius 2 is 1.86 bits per heavy atom. The van der Waals surface area contributed by atoms with Crippen LogP contribution in [0.3, 0.4) is 0 Å². The molecule has 0 saturated heterocycles. The zero-order valence-electron chi connectivity index (χ0n) is 11.6. The lowest BCUT2D eigenvalue weighted by Gasteiger charge is -2.10. The quantitative estimate of drug-likeness (QED) is 0.882. The first-order valence-corrected chi connectivity index (χ1v) is 7.09. The Hall–Kier alpha value is -1.88. The molecule has 0 saturated carbocycles. The van der Waals surface area contributed by atoms with Gasteiger partial charge in [-0.1, -0.05) is 22.0 Å². The van der Waals surface area contributed by atoms with Gasteiger partial charge in [-0.15, -0.1) is 0 Å². The molecule has 0 fully saturated rings. The van der Waals surface area contributed by atoms with E-state index >= 15 is 0 Å². The molecule has 0 aliphatic carbocycles. The second-order valence-electron chi connectivity index (χ2n) is 4.78. The lowest BCUT2D eigenvalue weighted by atomic mass is 10.1. The minimum absolute atomic E-state index is 0.178. The van der Waals surface area contributed by atoms with Gasteiger partial charge in [0.1, 0.15) is 18.2 Å². The maximum absolute atomic E-state index is 13.6. The zero-order valence-corrected chi connectivity index (χ0v) is 13.2. The summed E-state index contributed by atoms with van der Waals surface area (Å²) in [5.41, 5.74) is 2.35. The van der Waals surface area contributed by atoms with Crippen LogP contribution in [0.4, 0.5) is 4.39 Å². The average molecular weight is 353 g/mol. The number of aryl methyl sites for hydroxylation is 2. The van der Waals surface area contributed by atoms with E-state index in [4.69, 9.17) is 9.84 Å². The normalized spacial score (nSPS) is 10.5. The van der Waals surface area contributed by atoms with Gasteiger partial charge in [-0.2, -0.15) is 0 Å². The first-order valence-electron chi connectivity index (χ1n) is 6.29. The van der Waals surface area contributed by atoms with Crippen molar-refractivity contribution in [3.63, 3.8) is 0 Å². The van der Waals surface area contributed by atoms with Crippen LogP contribution in [0.2, 0.25) is 0 Å². The van der Waals surface area contributed by atoms with Crippen LogP contribution < -0.4 is 4.74 Å². The molecule has 5 heteroatoms. The number of carbonyl (C=O) groups is 1. The number of rotatable bonds is 4. The van der Waals surface area contributed by atoms with Crippen LogP contribution in [-0.4, -0.2) is 11.1 Å². The maximum Gasteiger partial charge on any atom is 0.338 e. The van der Waals surface area contributed by atoms with Crippen molar-refractivity contribution in [2.24, 2.45) is 0 Å². The lowest BCUT2D eigenvalue weighted by molar-refractivity contribution is 0.0692. The summed E-state index contributed by atoms with van der Waals surface area (Å²) in [5, 5.41) is 8.78. The van der Waals surface area contributed by atoms with Crippen LogP contribution in [0.5, 0.6) is 5.75 Å². The van der Waals surface area contributed by atoms with Gasteiger partial charge in [-0.3, -0.25) is 0 Å². The van der Waals surface area contributed by atoms with E-state index in [2.05, 4.69) is 15.9 Å². The van der Waals surface area contributed by atoms with Crippen LogP contribution in [-0.2, 0) is 6.61 Å². The fraction of sp³-hybridized carbons (Fsp3) is 0.188. The molecule has 0 bridgehead atoms. The molecule has 3 nitrogen and oxygen atoms in total. The Morgan fingerprint density at radius 1 is 1.24 bits per heavy atom. The highest BCUT2D eigenvalue weighted by Crippen LogP contribution is 2.26. The Morgan fingerprint density at radius 3 is 2.38 bits per heavy atom. The van der Waals surface area contributed by atoms with E-state index in [-0.39, 0.29) is 12.2 Å². The molecular weight excluding hydrogens is 339 g/mol. The standard InChI is InChI=1S/C16H14BrFO3/c1-9-5-12(6-10(2)15(9)17)21-8-11-3-4-13(16(19)20)14(18)7-11/h3-7H,8H2,1-2H3,(H,19,20). The summed E-state index contributed by atoms with van der Waals surface area (Å²) in [6, 6.07) is 7.75. The van der Waals surface area contributed by atoms with Gasteiger partial charge in [0.15, 0.2) is 0 Å². The van der Waals surface area contributed by atoms with Crippen LogP contribution in [0.25, 0.3) is 0 Å². The van der Waals surface area contributed by atoms with Gasteiger partial charge in [0.2, 0.25) is 0 Å². The van der Waals surface area contributed by atoms with Crippen molar-refractivity contribution in [3.05, 3.63) is 62.9 Å². The summed E-state index contributed by atoms with van der Waals surface area (Å²) in [6.45, 7) is 4.11. The summed E-state index contributed by atoms with van der Waals surface area (Å²) in [7, 11) is 0. The first-order chi connectivity index (χ1) is 9.88. The molecule has 0 aliphatic heterocycles. The van der Waals surface area contributed by atoms with Crippen molar-refractivity contribution >= 4 is 21.9 Å². The summed E-state index contributed by atoms with van der Waals surface area (Å²) >= 11 is 3.48. The Labute approximate surface area is 130 Å². The van der Waals surface area contributed by atoms with E-state index in [0.717, 1.165) is 15.6 Å². The predicted molar refractivity (Wildman–Crippen MR) is 81.3 cm³/mol. The largest absolute Gasteiger partial charge is 0.489 e. The van der Waals surface area contributed by atoms with Crippen LogP contribution >= 0.6 is 15.9 Å². The van der Waals surface area contributed by atoms with Crippen molar-refractivity contribution in [2.75, 3.05) is 0 Å². The molecule has 0 aromatic heterocycles. The van der Waals surface area contributed by atoms with Crippen molar-refractivity contribution in [2.45, 2.75) is 20.5 Å². The summed E-state index contributed by atoms with van der Waals surface area (Å²) in [6.07, 6.45) is 0. The van der Waals surface area contributed by atoms with Gasteiger partial charge < -0.3 is 9.84 Å². The first kappa shape index (κ1) is 15.5. The van der Waals surface area contributed by atoms with Crippen LogP contribution in [0.1, 0.15) is 27.0 Å². The number of hydrogen-bond acceptors (Lipinski definition) is 2. The van der Waals surface area contributed by atoms with Gasteiger partial charge in [0.05, 0.1) is 5.56 Å². The number of benzene rings is 2. The Balaban J connectivity index is 2.13. The predicted octanol–water partition coefficient (Wildman–Crippen LogP) is 4.48. The Kier molecular flexibility index (Phi) is 4.63. The van der Waals surface area contributed by atoms with E-state index in [1.54, 1.807) is 6.07 Å². The number of carboxylic acid groups (broad SMARTS) is 1. The van der Waals surface area contributed by atoms with Crippen molar-refractivity contribution < 1.29 is 19.0 Å². The van der Waals surface area contributed by atoms with Gasteiger partial charge in [-0.05, 0) is 54.8 Å². The van der Waals surface area contributed by atoms with E-state index < -0.39 is 11.8 Å². The number of halogens is 2. The van der Waals surface area contributed by atoms with Gasteiger partial charge in [0, 0.05) is 4.47 Å². The van der Waals surface area contributed by atoms with E-state index in [9.17, 15) is 9.18 Å². The van der Waals surface area contributed by atoms with Crippen molar-refractivity contribution in [1.29, 1.82) is 0 Å².